The van der Waals surface area contributed by atoms with Gasteiger partial charge in [0.25, 0.3) is 0 Å². The minimum atomic E-state index is 0.506. The van der Waals surface area contributed by atoms with Crippen LogP contribution in [0.15, 0.2) is 18.2 Å². The van der Waals surface area contributed by atoms with E-state index in [9.17, 15) is 0 Å². The van der Waals surface area contributed by atoms with Crippen LogP contribution in [-0.4, -0.2) is 19.2 Å². The molecule has 1 aliphatic rings. The molecule has 0 aromatic heterocycles. The number of rotatable bonds is 7. The summed E-state index contributed by atoms with van der Waals surface area (Å²) in [7, 11) is 0. The molecule has 2 heteroatoms. The average Bonchev–Trinajstić information content (AvgIpc) is 2.51. The van der Waals surface area contributed by atoms with Gasteiger partial charge >= 0.3 is 0 Å². The summed E-state index contributed by atoms with van der Waals surface area (Å²) in [5.41, 5.74) is 2.64. The van der Waals surface area contributed by atoms with E-state index in [4.69, 9.17) is 4.74 Å². The summed E-state index contributed by atoms with van der Waals surface area (Å²) in [5.74, 6) is 1.80. The first kappa shape index (κ1) is 16.4. The van der Waals surface area contributed by atoms with Gasteiger partial charge in [0.2, 0.25) is 0 Å². The molecule has 1 aromatic rings. The van der Waals surface area contributed by atoms with Crippen LogP contribution in [0.1, 0.15) is 56.6 Å². The van der Waals surface area contributed by atoms with E-state index in [2.05, 4.69) is 44.3 Å². The van der Waals surface area contributed by atoms with Gasteiger partial charge in [0.15, 0.2) is 0 Å². The summed E-state index contributed by atoms with van der Waals surface area (Å²) in [6.45, 7) is 8.42. The van der Waals surface area contributed by atoms with Crippen molar-refractivity contribution in [3.63, 3.8) is 0 Å². The smallest absolute Gasteiger partial charge is 0.119 e. The molecule has 0 radical (unpaired) electrons. The number of ether oxygens (including phenoxy) is 1. The molecule has 21 heavy (non-hydrogen) atoms. The third-order valence-electron chi connectivity index (χ3n) is 4.78. The summed E-state index contributed by atoms with van der Waals surface area (Å²) < 4.78 is 6.09. The number of aryl methyl sites for hydroxylation is 2. The van der Waals surface area contributed by atoms with Gasteiger partial charge in [0.1, 0.15) is 12.4 Å². The Labute approximate surface area is 130 Å². The topological polar surface area (TPSA) is 21.3 Å². The van der Waals surface area contributed by atoms with Crippen molar-refractivity contribution < 1.29 is 4.74 Å². The molecule has 2 nitrogen and oxygen atoms in total. The van der Waals surface area contributed by atoms with Crippen molar-refractivity contribution in [1.82, 2.24) is 5.32 Å². The second kappa shape index (κ2) is 8.43. The highest BCUT2D eigenvalue weighted by Crippen LogP contribution is 2.27. The van der Waals surface area contributed by atoms with Crippen LogP contribution < -0.4 is 10.1 Å². The largest absolute Gasteiger partial charge is 0.492 e. The number of hydrogen-bond acceptors (Lipinski definition) is 2. The summed E-state index contributed by atoms with van der Waals surface area (Å²) in [6, 6.07) is 6.92. The van der Waals surface area contributed by atoms with E-state index in [0.29, 0.717) is 6.04 Å². The molecular formula is C19H31NO. The first-order valence-corrected chi connectivity index (χ1v) is 8.64. The zero-order valence-corrected chi connectivity index (χ0v) is 14.0. The molecule has 2 rings (SSSR count). The maximum Gasteiger partial charge on any atom is 0.119 e. The molecule has 1 atom stereocenters. The molecule has 0 saturated heterocycles. The number of nitrogens with one attached hydrogen (secondary N) is 1. The van der Waals surface area contributed by atoms with E-state index in [0.717, 1.165) is 24.8 Å². The Balaban J connectivity index is 1.92. The van der Waals surface area contributed by atoms with Crippen LogP contribution in [0.25, 0.3) is 0 Å². The molecule has 0 aliphatic heterocycles. The minimum absolute atomic E-state index is 0.506. The summed E-state index contributed by atoms with van der Waals surface area (Å²) in [5, 5.41) is 3.71. The fraction of sp³-hybridized carbons (Fsp3) is 0.684. The fourth-order valence-corrected chi connectivity index (χ4v) is 3.22. The van der Waals surface area contributed by atoms with E-state index >= 15 is 0 Å². The highest BCUT2D eigenvalue weighted by molar-refractivity contribution is 5.33. The molecular weight excluding hydrogens is 258 g/mol. The van der Waals surface area contributed by atoms with Crippen LogP contribution in [0.3, 0.4) is 0 Å². The van der Waals surface area contributed by atoms with Crippen molar-refractivity contribution in [3.8, 4) is 5.75 Å². The molecule has 0 amide bonds. The summed E-state index contributed by atoms with van der Waals surface area (Å²) in [4.78, 5) is 0. The molecule has 0 spiro atoms. The SMILES string of the molecule is CCCNC(COc1ccc(C)c(C)c1)C1CCCCC1. The highest BCUT2D eigenvalue weighted by atomic mass is 16.5. The van der Waals surface area contributed by atoms with Gasteiger partial charge in [-0.15, -0.1) is 0 Å². The fourth-order valence-electron chi connectivity index (χ4n) is 3.22. The van der Waals surface area contributed by atoms with E-state index < -0.39 is 0 Å². The molecule has 1 fully saturated rings. The number of benzene rings is 1. The summed E-state index contributed by atoms with van der Waals surface area (Å²) >= 11 is 0. The van der Waals surface area contributed by atoms with Crippen molar-refractivity contribution >= 4 is 0 Å². The van der Waals surface area contributed by atoms with Crippen molar-refractivity contribution in [2.75, 3.05) is 13.2 Å². The Morgan fingerprint density at radius 3 is 2.57 bits per heavy atom. The van der Waals surface area contributed by atoms with Crippen molar-refractivity contribution in [2.24, 2.45) is 5.92 Å². The van der Waals surface area contributed by atoms with Gasteiger partial charge in [-0.2, -0.15) is 0 Å². The Morgan fingerprint density at radius 2 is 1.90 bits per heavy atom. The van der Waals surface area contributed by atoms with E-state index in [1.807, 2.05) is 0 Å². The lowest BCUT2D eigenvalue weighted by molar-refractivity contribution is 0.186. The molecule has 1 aliphatic carbocycles. The maximum atomic E-state index is 6.09. The normalized spacial score (nSPS) is 17.7. The standard InChI is InChI=1S/C19H31NO/c1-4-12-20-19(17-8-6-5-7-9-17)14-21-18-11-10-15(2)16(3)13-18/h10-11,13,17,19-20H,4-9,12,14H2,1-3H3. The lowest BCUT2D eigenvalue weighted by Gasteiger charge is -2.31. The molecule has 1 unspecified atom stereocenters. The van der Waals surface area contributed by atoms with Gasteiger partial charge in [-0.05, 0) is 68.8 Å². The van der Waals surface area contributed by atoms with Gasteiger partial charge in [-0.3, -0.25) is 0 Å². The zero-order valence-electron chi connectivity index (χ0n) is 14.0. The third kappa shape index (κ3) is 5.03. The van der Waals surface area contributed by atoms with Crippen molar-refractivity contribution in [1.29, 1.82) is 0 Å². The summed E-state index contributed by atoms with van der Waals surface area (Å²) in [6.07, 6.45) is 8.09. The molecule has 0 heterocycles. The van der Waals surface area contributed by atoms with Crippen LogP contribution in [0.5, 0.6) is 5.75 Å². The quantitative estimate of drug-likeness (QED) is 0.790. The van der Waals surface area contributed by atoms with Crippen molar-refractivity contribution in [2.45, 2.75) is 65.3 Å². The molecule has 118 valence electrons. The zero-order chi connectivity index (χ0) is 15.1. The molecule has 1 saturated carbocycles. The average molecular weight is 289 g/mol. The lowest BCUT2D eigenvalue weighted by Crippen LogP contribution is -2.42. The van der Waals surface area contributed by atoms with Crippen LogP contribution >= 0.6 is 0 Å². The van der Waals surface area contributed by atoms with Crippen LogP contribution in [0.4, 0.5) is 0 Å². The molecule has 1 aromatic carbocycles. The van der Waals surface area contributed by atoms with Gasteiger partial charge in [0, 0.05) is 6.04 Å². The van der Waals surface area contributed by atoms with Gasteiger partial charge in [0.05, 0.1) is 0 Å². The van der Waals surface area contributed by atoms with Gasteiger partial charge in [-0.25, -0.2) is 0 Å². The van der Waals surface area contributed by atoms with Gasteiger partial charge < -0.3 is 10.1 Å². The van der Waals surface area contributed by atoms with E-state index in [1.165, 1.54) is 49.7 Å². The van der Waals surface area contributed by atoms with Gasteiger partial charge in [-0.1, -0.05) is 32.3 Å². The molecule has 0 bridgehead atoms. The Kier molecular flexibility index (Phi) is 6.56. The second-order valence-corrected chi connectivity index (χ2v) is 6.52. The van der Waals surface area contributed by atoms with Crippen LogP contribution in [-0.2, 0) is 0 Å². The van der Waals surface area contributed by atoms with Crippen LogP contribution in [0.2, 0.25) is 0 Å². The monoisotopic (exact) mass is 289 g/mol. The van der Waals surface area contributed by atoms with E-state index in [-0.39, 0.29) is 0 Å². The lowest BCUT2D eigenvalue weighted by atomic mass is 9.84. The molecule has 1 N–H and O–H groups in total. The predicted octanol–water partition coefficient (Wildman–Crippen LogP) is 4.63. The Hall–Kier alpha value is -1.02. The van der Waals surface area contributed by atoms with Crippen LogP contribution in [0, 0.1) is 19.8 Å². The Morgan fingerprint density at radius 1 is 1.14 bits per heavy atom. The van der Waals surface area contributed by atoms with E-state index in [1.54, 1.807) is 0 Å². The first-order chi connectivity index (χ1) is 10.2. The number of hydrogen-bond donors (Lipinski definition) is 1. The maximum absolute atomic E-state index is 6.09. The minimum Gasteiger partial charge on any atom is -0.492 e. The first-order valence-electron chi connectivity index (χ1n) is 8.64. The Bertz CT molecular complexity index is 424. The van der Waals surface area contributed by atoms with Crippen molar-refractivity contribution in [3.05, 3.63) is 29.3 Å². The highest BCUT2D eigenvalue weighted by Gasteiger charge is 2.23. The second-order valence-electron chi connectivity index (χ2n) is 6.52. The predicted molar refractivity (Wildman–Crippen MR) is 90.1 cm³/mol. The third-order valence-corrected chi connectivity index (χ3v) is 4.78.